The van der Waals surface area contributed by atoms with Crippen LogP contribution in [0.4, 0.5) is 13.2 Å². The van der Waals surface area contributed by atoms with Crippen molar-refractivity contribution >= 4 is 8.45 Å². The Labute approximate surface area is 327 Å². The van der Waals surface area contributed by atoms with Crippen LogP contribution in [0.15, 0.2) is 31.6 Å². The van der Waals surface area contributed by atoms with Gasteiger partial charge in [0.25, 0.3) is 11.1 Å². The first-order chi connectivity index (χ1) is 28.3. The van der Waals surface area contributed by atoms with Crippen molar-refractivity contribution < 1.29 is 51.3 Å². The molecule has 2 aliphatic rings. The molecule has 17 nitrogen and oxygen atoms in total. The van der Waals surface area contributed by atoms with E-state index in [2.05, 4.69) is 29.9 Å². The van der Waals surface area contributed by atoms with Gasteiger partial charge in [-0.1, -0.05) is 0 Å². The number of alkyl halides is 3. The van der Waals surface area contributed by atoms with Crippen LogP contribution in [0.1, 0.15) is 75.7 Å². The molecule has 9 unspecified atom stereocenters. The van der Waals surface area contributed by atoms with E-state index in [1.54, 1.807) is 6.92 Å². The highest BCUT2D eigenvalue weighted by Crippen LogP contribution is 2.45. The quantitative estimate of drug-likeness (QED) is 0.108. The second-order valence-corrected chi connectivity index (χ2v) is 14.0. The van der Waals surface area contributed by atoms with Gasteiger partial charge in [-0.25, -0.2) is 28.1 Å². The predicted molar refractivity (Wildman–Crippen MR) is 204 cm³/mol. The smallest absolute Gasteiger partial charge is 0.328 e. The third-order valence-electron chi connectivity index (χ3n) is 8.09. The number of aliphatic hydroxyl groups is 3. The molecular formula is C34H62F3N6O11P. The second kappa shape index (κ2) is 26.2. The largest absolute Gasteiger partial charge is 0.400 e. The highest BCUT2D eigenvalue weighted by Gasteiger charge is 2.44. The second-order valence-electron chi connectivity index (χ2n) is 12.4. The van der Waals surface area contributed by atoms with Crippen LogP contribution in [0.5, 0.6) is 0 Å². The Morgan fingerprint density at radius 3 is 1.82 bits per heavy atom. The fourth-order valence-electron chi connectivity index (χ4n) is 5.44. The Morgan fingerprint density at radius 2 is 1.40 bits per heavy atom. The number of hydrogen-bond acceptors (Lipinski definition) is 13. The summed E-state index contributed by atoms with van der Waals surface area (Å²) in [5.41, 5.74) is -1.93. The first-order valence-electron chi connectivity index (χ1n) is 20.1. The van der Waals surface area contributed by atoms with Gasteiger partial charge in [-0.05, 0) is 62.3 Å². The van der Waals surface area contributed by atoms with Crippen molar-refractivity contribution in [3.05, 3.63) is 65.2 Å². The molecule has 0 amide bonds. The average molecular weight is 826 g/mol. The lowest BCUT2D eigenvalue weighted by Gasteiger charge is -2.43. The lowest BCUT2D eigenvalue weighted by atomic mass is 10.00. The number of aromatic nitrogens is 4. The van der Waals surface area contributed by atoms with Crippen molar-refractivity contribution in [3.63, 3.8) is 0 Å². The average Bonchev–Trinajstić information content (AvgIpc) is 3.17. The van der Waals surface area contributed by atoms with Gasteiger partial charge in [0.15, 0.2) is 20.8 Å². The number of ether oxygens (including phenoxy) is 3. The minimum absolute atomic E-state index is 0.0989. The van der Waals surface area contributed by atoms with E-state index >= 15 is 4.39 Å². The summed E-state index contributed by atoms with van der Waals surface area (Å²) in [6, 6.07) is -1.79. The van der Waals surface area contributed by atoms with Gasteiger partial charge in [0.1, 0.15) is 18.9 Å². The van der Waals surface area contributed by atoms with Crippen LogP contribution in [0, 0.1) is 13.8 Å². The van der Waals surface area contributed by atoms with Gasteiger partial charge < -0.3 is 34.1 Å². The molecule has 55 heavy (non-hydrogen) atoms. The molecule has 0 bridgehead atoms. The molecule has 0 saturated carbocycles. The highest BCUT2D eigenvalue weighted by atomic mass is 31.2. The van der Waals surface area contributed by atoms with Crippen LogP contribution in [0.2, 0.25) is 0 Å². The zero-order valence-electron chi connectivity index (χ0n) is 37.8. The monoisotopic (exact) mass is 825 g/mol. The van der Waals surface area contributed by atoms with Gasteiger partial charge >= 0.3 is 11.4 Å². The van der Waals surface area contributed by atoms with Gasteiger partial charge in [-0.15, -0.1) is 0 Å². The van der Waals surface area contributed by atoms with E-state index in [4.69, 9.17) is 25.7 Å². The summed E-state index contributed by atoms with van der Waals surface area (Å²) >= 11 is 0. The Balaban J connectivity index is 0.00000105. The minimum atomic E-state index is -1.73. The molecular weight excluding hydrogens is 756 g/mol. The Morgan fingerprint density at radius 1 is 0.964 bits per heavy atom. The van der Waals surface area contributed by atoms with Crippen LogP contribution in [0.25, 0.3) is 0 Å². The number of rotatable bonds is 11. The molecule has 2 aliphatic heterocycles. The van der Waals surface area contributed by atoms with Crippen LogP contribution in [0.3, 0.4) is 0 Å². The standard InChI is InChI=1S/C20H36FN4O5P.C11H15FN2O4.CH3F.2CH4O/c1-8-28-11-22-31(25(12(2)3)13(4)5)30-18-15(7)29-10-16(17(18)21)24-9-14(6)19(26)23-20(24)27;1-5-3-14(11(17)13-10(5)16)7-4-18-6(2)9(15)8(7)12;3*1-2/h9,12-13,15-18,22H,8,10-11H2,1-7H3,(H,23,26,27);3,6-9,15H,4H2,1-2H3,(H,13,16,17);1H3;2*2H,1H3/i7D;2D;1D;2*2T. The zero-order valence-corrected chi connectivity index (χ0v) is 33.7. The molecule has 4 rings (SSSR count). The van der Waals surface area contributed by atoms with E-state index in [0.29, 0.717) is 12.2 Å². The van der Waals surface area contributed by atoms with Crippen LogP contribution in [-0.4, -0.2) is 139 Å². The predicted octanol–water partition coefficient (Wildman–Crippen LogP) is 1.76. The molecule has 0 radical (unpaired) electrons. The number of nitrogens with one attached hydrogen (secondary N) is 3. The number of hydrogen-bond donors (Lipinski definition) is 6. The lowest BCUT2D eigenvalue weighted by molar-refractivity contribution is -0.128. The summed E-state index contributed by atoms with van der Waals surface area (Å²) in [5, 5.41) is 19.9. The lowest BCUT2D eigenvalue weighted by Crippen LogP contribution is -2.52. The molecule has 4 heterocycles. The van der Waals surface area contributed by atoms with E-state index < -0.39 is 86.9 Å². The fraction of sp³-hybridized carbons (Fsp3) is 0.765. The maximum atomic E-state index is 15.9. The van der Waals surface area contributed by atoms with Crippen molar-refractivity contribution in [2.24, 2.45) is 0 Å². The van der Waals surface area contributed by atoms with E-state index in [0.717, 1.165) is 9.13 Å². The van der Waals surface area contributed by atoms with Crippen LogP contribution < -0.4 is 27.6 Å². The molecule has 9 atom stereocenters. The van der Waals surface area contributed by atoms with Gasteiger partial charge in [-0.2, -0.15) is 0 Å². The molecule has 21 heteroatoms. The minimum Gasteiger partial charge on any atom is -0.400 e. The Kier molecular flexibility index (Phi) is 20.6. The Hall–Kier alpha value is -2.78. The SMILES string of the molecule is [2H]CC1OCC(n2cc(C)c(=O)[nH]c2=O)C(F)C1O.[2H]CC1OCC(n2cc(C)c(=O)[nH]c2=O)C(F)C1OP(NCOCC)N(C(C)C)C(C)C.[2H]CF.[3H]OC.[3H]OC. The van der Waals surface area contributed by atoms with Crippen molar-refractivity contribution in [3.8, 4) is 0 Å². The summed E-state index contributed by atoms with van der Waals surface area (Å²) in [5.74, 6) is 0. The fourth-order valence-corrected chi connectivity index (χ4v) is 7.31. The summed E-state index contributed by atoms with van der Waals surface area (Å²) < 4.78 is 98.8. The number of aromatic amines is 2. The molecule has 0 aromatic carbocycles. The van der Waals surface area contributed by atoms with Crippen LogP contribution >= 0.6 is 8.45 Å². The molecule has 6 N–H and O–H groups in total. The summed E-state index contributed by atoms with van der Waals surface area (Å²) in [7, 11) is 0.0897. The number of aryl methyl sites for hydroxylation is 2. The van der Waals surface area contributed by atoms with E-state index in [-0.39, 0.29) is 51.4 Å². The van der Waals surface area contributed by atoms with Gasteiger partial charge in [0.05, 0.1) is 46.0 Å². The molecule has 2 fully saturated rings. The molecule has 2 aromatic rings. The van der Waals surface area contributed by atoms with Crippen molar-refractivity contribution in [2.45, 2.75) is 123 Å². The van der Waals surface area contributed by atoms with E-state index in [1.165, 1.54) is 33.5 Å². The van der Waals surface area contributed by atoms with Crippen molar-refractivity contribution in [1.29, 1.82) is 2.86 Å². The van der Waals surface area contributed by atoms with E-state index in [9.17, 15) is 33.1 Å². The number of halogens is 3. The van der Waals surface area contributed by atoms with Gasteiger partial charge in [-0.3, -0.25) is 33.1 Å². The topological polar surface area (TPSA) is 223 Å². The van der Waals surface area contributed by atoms with Crippen LogP contribution in [-0.2, 0) is 18.7 Å². The zero-order chi connectivity index (χ0) is 46.3. The molecule has 320 valence electrons. The highest BCUT2D eigenvalue weighted by molar-refractivity contribution is 7.47. The molecule has 2 aromatic heterocycles. The van der Waals surface area contributed by atoms with Gasteiger partial charge in [0.2, 0.25) is 2.86 Å². The first-order valence-corrected chi connectivity index (χ1v) is 18.4. The van der Waals surface area contributed by atoms with Gasteiger partial charge in [0, 0.05) is 59.2 Å². The molecule has 0 spiro atoms. The summed E-state index contributed by atoms with van der Waals surface area (Å²) in [6.07, 6.45) is -5.00. The van der Waals surface area contributed by atoms with Crippen molar-refractivity contribution in [2.75, 3.05) is 47.9 Å². The number of H-pyrrole nitrogens is 2. The summed E-state index contributed by atoms with van der Waals surface area (Å²) in [4.78, 5) is 51.3. The number of nitrogens with zero attached hydrogens (tertiary/aromatic N) is 3. The third-order valence-corrected chi connectivity index (χ3v) is 10.3. The third kappa shape index (κ3) is 14.6. The van der Waals surface area contributed by atoms with Crippen molar-refractivity contribution in [1.82, 2.24) is 28.9 Å². The maximum absolute atomic E-state index is 15.9. The first kappa shape index (κ1) is 43.3. The normalized spacial score (nSPS) is 26.5. The Bertz CT molecular complexity index is 1710. The maximum Gasteiger partial charge on any atom is 0.328 e. The number of aliphatic hydroxyl groups excluding tert-OH is 3. The summed E-state index contributed by atoms with van der Waals surface area (Å²) in [6.45, 7) is 13.1. The van der Waals surface area contributed by atoms with E-state index in [1.807, 2.05) is 34.6 Å². The molecule has 2 saturated heterocycles. The molecule has 0 aliphatic carbocycles.